The topological polar surface area (TPSA) is 363 Å². The minimum Gasteiger partial charge on any atom is -0.550 e. The van der Waals surface area contributed by atoms with Crippen LogP contribution in [0.5, 0.6) is 0 Å². The number of amides is 6. The Kier molecular flexibility index (Phi) is 69.8. The second kappa shape index (κ2) is 74.1. The van der Waals surface area contributed by atoms with E-state index in [0.29, 0.717) is 103 Å². The van der Waals surface area contributed by atoms with Crippen LogP contribution in [0.1, 0.15) is 399 Å². The molecule has 24 heteroatoms. The third-order valence-electron chi connectivity index (χ3n) is 21.2. The van der Waals surface area contributed by atoms with E-state index in [0.717, 1.165) is 244 Å². The summed E-state index contributed by atoms with van der Waals surface area (Å²) in [4.78, 5) is 162. The van der Waals surface area contributed by atoms with Crippen LogP contribution in [0.4, 0.5) is 0 Å². The molecule has 0 bridgehead atoms. The van der Waals surface area contributed by atoms with E-state index in [1.807, 2.05) is 13.8 Å². The molecule has 0 aromatic rings. The van der Waals surface area contributed by atoms with Crippen LogP contribution >= 0.6 is 0 Å². The van der Waals surface area contributed by atoms with E-state index >= 15 is 0 Å². The molecule has 6 amide bonds. The molecule has 0 aliphatic carbocycles. The molecule has 0 rings (SSSR count). The van der Waals surface area contributed by atoms with Gasteiger partial charge in [-0.05, 0) is 129 Å². The zero-order chi connectivity index (χ0) is 81.3. The van der Waals surface area contributed by atoms with Gasteiger partial charge in [0.2, 0.25) is 35.4 Å². The summed E-state index contributed by atoms with van der Waals surface area (Å²) < 4.78 is 0. The number of aliphatic carboxylic acids is 6. The number of hydrogen-bond acceptors (Lipinski definition) is 18. The molecule has 0 radical (unpaired) electrons. The Labute approximate surface area is 663 Å². The van der Waals surface area contributed by atoms with Crippen molar-refractivity contribution in [3.8, 4) is 0 Å². The predicted octanol–water partition coefficient (Wildman–Crippen LogP) is 9.90. The lowest BCUT2D eigenvalue weighted by Crippen LogP contribution is -2.48. The molecule has 0 aliphatic heterocycles. The second-order valence-corrected chi connectivity index (χ2v) is 30.7. The third kappa shape index (κ3) is 66.3. The molecule has 0 aromatic heterocycles. The largest absolute Gasteiger partial charge is 0.550 e. The summed E-state index contributed by atoms with van der Waals surface area (Å²) in [5, 5.41) is 65.2. The maximum absolute atomic E-state index is 14.8. The number of unbranched alkanes of at least 4 members (excludes halogenated alkanes) is 42. The zero-order valence-electron chi connectivity index (χ0n) is 68.9. The summed E-state index contributed by atoms with van der Waals surface area (Å²) in [5.74, 6) is -6.62. The molecule has 0 atom stereocenters. The first-order chi connectivity index (χ1) is 53.1. The third-order valence-corrected chi connectivity index (χ3v) is 21.2. The standard InChI is InChI=1S/C86H156N6O18/c1-3-87(75(93)53-41-29-17-5-11-23-35-47-59-81(99)100)65-67-89(77(95)55-43-31-19-7-13-25-37-49-61-83(103)104)69-71-91(79(97)57-45-33-21-9-15-27-39-51-63-85(107)108)73-74-92(80(98)58-46-34-22-10-16-28-40-52-64-86(109)110)72-70-90(78(96)56-44-32-20-8-14-26-38-50-62-84(105)106)68-66-88(4-2)76(94)54-42-30-18-6-12-24-36-48-60-82(101)102/h3-74H2,1-2H3,(H,99,100)(H,101,102)(H,103,104)(H,105,106)(H,107,108)(H,109,110)/p-6. The summed E-state index contributed by atoms with van der Waals surface area (Å²) in [7, 11) is 0. The van der Waals surface area contributed by atoms with Crippen molar-refractivity contribution in [3.63, 3.8) is 0 Å². The molecule has 0 N–H and O–H groups in total. The van der Waals surface area contributed by atoms with Crippen LogP contribution in [0.25, 0.3) is 0 Å². The lowest BCUT2D eigenvalue weighted by Gasteiger charge is -2.33. The molecule has 638 valence electrons. The number of carbonyl (C=O) groups is 12. The van der Waals surface area contributed by atoms with Crippen molar-refractivity contribution in [3.05, 3.63) is 0 Å². The van der Waals surface area contributed by atoms with E-state index in [-0.39, 0.29) is 152 Å². The van der Waals surface area contributed by atoms with Gasteiger partial charge in [0.15, 0.2) is 0 Å². The van der Waals surface area contributed by atoms with Crippen LogP contribution in [0.3, 0.4) is 0 Å². The van der Waals surface area contributed by atoms with E-state index in [1.165, 1.54) is 0 Å². The van der Waals surface area contributed by atoms with E-state index < -0.39 is 35.8 Å². The molecule has 0 unspecified atom stereocenters. The molecule has 24 nitrogen and oxygen atoms in total. The van der Waals surface area contributed by atoms with Crippen LogP contribution in [0, 0.1) is 0 Å². The monoisotopic (exact) mass is 1560 g/mol. The molecule has 0 fully saturated rings. The normalized spacial score (nSPS) is 11.2. The summed E-state index contributed by atoms with van der Waals surface area (Å²) in [6.45, 7) is 6.88. The molecular formula is C86H150N6O18-6. The lowest BCUT2D eigenvalue weighted by molar-refractivity contribution is -0.307. The molecule has 0 aliphatic rings. The fraction of sp³-hybridized carbons (Fsp3) is 0.860. The van der Waals surface area contributed by atoms with Crippen molar-refractivity contribution in [2.24, 2.45) is 0 Å². The Morgan fingerprint density at radius 3 is 0.345 bits per heavy atom. The van der Waals surface area contributed by atoms with Gasteiger partial charge in [-0.15, -0.1) is 0 Å². The first-order valence-corrected chi connectivity index (χ1v) is 44.0. The van der Waals surface area contributed by atoms with Crippen molar-refractivity contribution in [2.45, 2.75) is 399 Å². The first kappa shape index (κ1) is 104. The van der Waals surface area contributed by atoms with Crippen molar-refractivity contribution < 1.29 is 88.2 Å². The van der Waals surface area contributed by atoms with Gasteiger partial charge in [0.05, 0.1) is 0 Å². The predicted molar refractivity (Wildman–Crippen MR) is 418 cm³/mol. The number of hydrogen-bond donors (Lipinski definition) is 0. The van der Waals surface area contributed by atoms with E-state index in [1.54, 1.807) is 29.4 Å². The Hall–Kier alpha value is -6.36. The average molecular weight is 1560 g/mol. The fourth-order valence-corrected chi connectivity index (χ4v) is 14.2. The van der Waals surface area contributed by atoms with Crippen molar-refractivity contribution in [2.75, 3.05) is 78.5 Å². The maximum atomic E-state index is 14.8. The quantitative estimate of drug-likeness (QED) is 0.0511. The Morgan fingerprint density at radius 2 is 0.236 bits per heavy atom. The number of likely N-dealkylation sites (N-methyl/N-ethyl adjacent to an activating group) is 2. The van der Waals surface area contributed by atoms with Crippen molar-refractivity contribution in [1.29, 1.82) is 0 Å². The van der Waals surface area contributed by atoms with Gasteiger partial charge >= 0.3 is 0 Å². The van der Waals surface area contributed by atoms with Crippen molar-refractivity contribution >= 4 is 71.3 Å². The summed E-state index contributed by atoms with van der Waals surface area (Å²) in [6.07, 6.45) is 42.3. The number of nitrogens with zero attached hydrogens (tertiary/aromatic N) is 6. The second-order valence-electron chi connectivity index (χ2n) is 30.7. The number of carboxylic acid groups (broad SMARTS) is 6. The molecular weight excluding hydrogens is 1400 g/mol. The highest BCUT2D eigenvalue weighted by Crippen LogP contribution is 2.20. The van der Waals surface area contributed by atoms with Crippen molar-refractivity contribution in [1.82, 2.24) is 29.4 Å². The average Bonchev–Trinajstić information content (AvgIpc) is 0.889. The molecule has 0 heterocycles. The van der Waals surface area contributed by atoms with E-state index in [9.17, 15) is 88.2 Å². The van der Waals surface area contributed by atoms with Gasteiger partial charge in [-0.2, -0.15) is 0 Å². The molecule has 110 heavy (non-hydrogen) atoms. The summed E-state index contributed by atoms with van der Waals surface area (Å²) in [6, 6.07) is 0. The van der Waals surface area contributed by atoms with Crippen LogP contribution in [0.15, 0.2) is 0 Å². The van der Waals surface area contributed by atoms with Crippen LogP contribution < -0.4 is 30.6 Å². The van der Waals surface area contributed by atoms with Gasteiger partial charge in [-0.25, -0.2) is 0 Å². The minimum atomic E-state index is -1.05. The molecule has 0 aromatic carbocycles. The molecule has 0 saturated carbocycles. The Balaban J connectivity index is 7.12. The SMILES string of the molecule is CCN(CCN(CCN(CCN(CCN(CCN(CC)C(=O)CCCCCCCCCCC(=O)[O-])C(=O)CCCCCCCCCCC(=O)[O-])C(=O)CCCCCCCCCCC(=O)[O-])C(=O)CCCCCCCCCCC(=O)[O-])C(=O)CCCCCCCCCCC(=O)[O-])C(=O)CCCCCCCCCCC(=O)[O-]. The maximum Gasteiger partial charge on any atom is 0.222 e. The van der Waals surface area contributed by atoms with Crippen LogP contribution in [0.2, 0.25) is 0 Å². The Bertz CT molecular complexity index is 2270. The summed E-state index contributed by atoms with van der Waals surface area (Å²) >= 11 is 0. The highest BCUT2D eigenvalue weighted by atomic mass is 16.4. The van der Waals surface area contributed by atoms with E-state index in [2.05, 4.69) is 0 Å². The number of carbonyl (C=O) groups excluding carboxylic acids is 12. The van der Waals surface area contributed by atoms with Gasteiger partial charge in [0, 0.05) is 153 Å². The number of carboxylic acids is 6. The fourth-order valence-electron chi connectivity index (χ4n) is 14.2. The van der Waals surface area contributed by atoms with Gasteiger partial charge < -0.3 is 88.8 Å². The van der Waals surface area contributed by atoms with Crippen LogP contribution in [-0.2, 0) is 57.5 Å². The van der Waals surface area contributed by atoms with Gasteiger partial charge in [-0.3, -0.25) is 28.8 Å². The lowest BCUT2D eigenvalue weighted by atomic mass is 10.1. The van der Waals surface area contributed by atoms with Gasteiger partial charge in [0.1, 0.15) is 0 Å². The number of rotatable bonds is 83. The van der Waals surface area contributed by atoms with Gasteiger partial charge in [0.25, 0.3) is 0 Å². The first-order valence-electron chi connectivity index (χ1n) is 44.0. The zero-order valence-corrected chi connectivity index (χ0v) is 68.9. The molecule has 0 saturated heterocycles. The van der Waals surface area contributed by atoms with E-state index in [4.69, 9.17) is 0 Å². The highest BCUT2D eigenvalue weighted by Gasteiger charge is 2.25. The van der Waals surface area contributed by atoms with Gasteiger partial charge in [-0.1, -0.05) is 231 Å². The Morgan fingerprint density at radius 1 is 0.145 bits per heavy atom. The van der Waals surface area contributed by atoms with Crippen LogP contribution in [-0.4, -0.2) is 179 Å². The smallest absolute Gasteiger partial charge is 0.222 e. The molecule has 0 spiro atoms. The summed E-state index contributed by atoms with van der Waals surface area (Å²) in [5.41, 5.74) is 0. The highest BCUT2D eigenvalue weighted by molar-refractivity contribution is 5.80. The minimum absolute atomic E-state index is 0.00356.